The van der Waals surface area contributed by atoms with Gasteiger partial charge in [-0.05, 0) is 35.7 Å². The molecule has 0 saturated heterocycles. The largest absolute Gasteiger partial charge is 0.497 e. The Hall–Kier alpha value is -3.15. The summed E-state index contributed by atoms with van der Waals surface area (Å²) in [6.07, 6.45) is 6.45. The highest BCUT2D eigenvalue weighted by Gasteiger charge is 2.06. The van der Waals surface area contributed by atoms with Crippen LogP contribution in [-0.4, -0.2) is 27.8 Å². The number of rotatable bonds is 7. The fourth-order valence-electron chi connectivity index (χ4n) is 2.45. The fraction of sp³-hybridized carbons (Fsp3) is 0.211. The predicted octanol–water partition coefficient (Wildman–Crippen LogP) is 2.91. The van der Waals surface area contributed by atoms with Crippen molar-refractivity contribution in [2.75, 3.05) is 12.4 Å². The lowest BCUT2D eigenvalue weighted by atomic mass is 10.1. The molecule has 0 spiro atoms. The smallest absolute Gasteiger partial charge is 0.225 e. The standard InChI is InChI=1S/C19H20N4O2/c1-25-17-7-4-15(5-8-17)6-9-19(24)21-18-10-12-23(22-18)14-16-3-2-11-20-13-16/h2-5,7-8,10-13H,6,9,14H2,1H3,(H,21,22,24). The van der Waals surface area contributed by atoms with Gasteiger partial charge >= 0.3 is 0 Å². The second-order valence-electron chi connectivity index (χ2n) is 5.66. The van der Waals surface area contributed by atoms with E-state index < -0.39 is 0 Å². The molecule has 128 valence electrons. The number of nitrogens with one attached hydrogen (secondary N) is 1. The molecule has 3 rings (SSSR count). The highest BCUT2D eigenvalue weighted by molar-refractivity contribution is 5.89. The van der Waals surface area contributed by atoms with Gasteiger partial charge in [-0.15, -0.1) is 0 Å². The molecule has 6 heteroatoms. The number of aromatic nitrogens is 3. The number of hydrogen-bond donors (Lipinski definition) is 1. The molecule has 1 amide bonds. The first-order chi connectivity index (χ1) is 12.2. The van der Waals surface area contributed by atoms with Gasteiger partial charge in [-0.2, -0.15) is 5.10 Å². The van der Waals surface area contributed by atoms with Gasteiger partial charge in [-0.3, -0.25) is 14.5 Å². The van der Waals surface area contributed by atoms with Crippen LogP contribution in [0.1, 0.15) is 17.5 Å². The normalized spacial score (nSPS) is 10.4. The molecule has 1 aromatic carbocycles. The molecular weight excluding hydrogens is 316 g/mol. The number of amides is 1. The van der Waals surface area contributed by atoms with Gasteiger partial charge in [0.2, 0.25) is 5.91 Å². The zero-order valence-electron chi connectivity index (χ0n) is 14.1. The molecule has 0 radical (unpaired) electrons. The maximum atomic E-state index is 12.1. The number of methoxy groups -OCH3 is 1. The quantitative estimate of drug-likeness (QED) is 0.720. The van der Waals surface area contributed by atoms with Crippen molar-refractivity contribution in [3.8, 4) is 5.75 Å². The van der Waals surface area contributed by atoms with E-state index in [1.54, 1.807) is 30.3 Å². The Morgan fingerprint density at radius 2 is 2.00 bits per heavy atom. The Balaban J connectivity index is 1.49. The Morgan fingerprint density at radius 3 is 2.72 bits per heavy atom. The maximum absolute atomic E-state index is 12.1. The van der Waals surface area contributed by atoms with Gasteiger partial charge in [0, 0.05) is 31.1 Å². The number of nitrogens with zero attached hydrogens (tertiary/aromatic N) is 3. The van der Waals surface area contributed by atoms with Crippen LogP contribution in [0.5, 0.6) is 5.75 Å². The van der Waals surface area contributed by atoms with Crippen molar-refractivity contribution in [3.05, 3.63) is 72.2 Å². The Morgan fingerprint density at radius 1 is 1.16 bits per heavy atom. The number of hydrogen-bond acceptors (Lipinski definition) is 4. The molecule has 2 heterocycles. The van der Waals surface area contributed by atoms with Gasteiger partial charge in [0.1, 0.15) is 5.75 Å². The Bertz CT molecular complexity index is 813. The second kappa shape index (κ2) is 8.10. The van der Waals surface area contributed by atoms with E-state index in [1.165, 1.54) is 0 Å². The molecule has 0 unspecified atom stereocenters. The summed E-state index contributed by atoms with van der Waals surface area (Å²) in [5.74, 6) is 1.32. The second-order valence-corrected chi connectivity index (χ2v) is 5.66. The van der Waals surface area contributed by atoms with Crippen molar-refractivity contribution in [2.24, 2.45) is 0 Å². The summed E-state index contributed by atoms with van der Waals surface area (Å²) >= 11 is 0. The van der Waals surface area contributed by atoms with Crippen LogP contribution in [-0.2, 0) is 17.8 Å². The summed E-state index contributed by atoms with van der Waals surface area (Å²) in [6.45, 7) is 0.621. The molecule has 0 bridgehead atoms. The summed E-state index contributed by atoms with van der Waals surface area (Å²) < 4.78 is 6.90. The van der Waals surface area contributed by atoms with E-state index in [4.69, 9.17) is 4.74 Å². The molecule has 0 saturated carbocycles. The zero-order chi connectivity index (χ0) is 17.5. The summed E-state index contributed by atoms with van der Waals surface area (Å²) in [7, 11) is 1.63. The van der Waals surface area contributed by atoms with Crippen molar-refractivity contribution < 1.29 is 9.53 Å². The number of ether oxygens (including phenoxy) is 1. The van der Waals surface area contributed by atoms with E-state index in [0.29, 0.717) is 25.2 Å². The van der Waals surface area contributed by atoms with Crippen molar-refractivity contribution in [1.82, 2.24) is 14.8 Å². The number of benzene rings is 1. The van der Waals surface area contributed by atoms with Crippen molar-refractivity contribution in [3.63, 3.8) is 0 Å². The van der Waals surface area contributed by atoms with E-state index >= 15 is 0 Å². The molecule has 0 fully saturated rings. The maximum Gasteiger partial charge on any atom is 0.225 e. The molecule has 6 nitrogen and oxygen atoms in total. The Labute approximate surface area is 146 Å². The number of anilines is 1. The monoisotopic (exact) mass is 336 g/mol. The minimum Gasteiger partial charge on any atom is -0.497 e. The molecule has 0 atom stereocenters. The molecule has 2 aromatic heterocycles. The lowest BCUT2D eigenvalue weighted by molar-refractivity contribution is -0.116. The lowest BCUT2D eigenvalue weighted by Crippen LogP contribution is -2.13. The highest BCUT2D eigenvalue weighted by atomic mass is 16.5. The number of pyridine rings is 1. The minimum atomic E-state index is -0.0533. The van der Waals surface area contributed by atoms with Gasteiger partial charge in [-0.1, -0.05) is 18.2 Å². The van der Waals surface area contributed by atoms with Crippen LogP contribution in [0.15, 0.2) is 61.1 Å². The van der Waals surface area contributed by atoms with Gasteiger partial charge in [-0.25, -0.2) is 0 Å². The average molecular weight is 336 g/mol. The molecule has 3 aromatic rings. The van der Waals surface area contributed by atoms with Crippen LogP contribution in [0, 0.1) is 0 Å². The molecule has 0 aliphatic rings. The van der Waals surface area contributed by atoms with Crippen LogP contribution in [0.4, 0.5) is 5.82 Å². The van der Waals surface area contributed by atoms with E-state index in [0.717, 1.165) is 16.9 Å². The van der Waals surface area contributed by atoms with E-state index in [1.807, 2.05) is 42.6 Å². The first-order valence-electron chi connectivity index (χ1n) is 8.08. The Kier molecular flexibility index (Phi) is 5.41. The number of carbonyl (C=O) groups is 1. The third-order valence-corrected chi connectivity index (χ3v) is 3.78. The summed E-state index contributed by atoms with van der Waals surface area (Å²) in [5, 5.41) is 7.19. The van der Waals surface area contributed by atoms with E-state index in [9.17, 15) is 4.79 Å². The van der Waals surface area contributed by atoms with E-state index in [-0.39, 0.29) is 5.91 Å². The molecule has 0 aliphatic carbocycles. The number of carbonyl (C=O) groups excluding carboxylic acids is 1. The third-order valence-electron chi connectivity index (χ3n) is 3.78. The van der Waals surface area contributed by atoms with Crippen LogP contribution >= 0.6 is 0 Å². The summed E-state index contributed by atoms with van der Waals surface area (Å²) in [6, 6.07) is 13.4. The van der Waals surface area contributed by atoms with Crippen molar-refractivity contribution >= 4 is 11.7 Å². The van der Waals surface area contributed by atoms with Gasteiger partial charge in [0.05, 0.1) is 13.7 Å². The SMILES string of the molecule is COc1ccc(CCC(=O)Nc2ccn(Cc3cccnc3)n2)cc1. The van der Waals surface area contributed by atoms with Crippen LogP contribution in [0.3, 0.4) is 0 Å². The van der Waals surface area contributed by atoms with Crippen molar-refractivity contribution in [1.29, 1.82) is 0 Å². The van der Waals surface area contributed by atoms with Gasteiger partial charge in [0.15, 0.2) is 5.82 Å². The third kappa shape index (κ3) is 4.91. The first kappa shape index (κ1) is 16.7. The molecular formula is C19H20N4O2. The lowest BCUT2D eigenvalue weighted by Gasteiger charge is -2.04. The van der Waals surface area contributed by atoms with Crippen molar-refractivity contribution in [2.45, 2.75) is 19.4 Å². The van der Waals surface area contributed by atoms with Gasteiger partial charge < -0.3 is 10.1 Å². The van der Waals surface area contributed by atoms with Crippen LogP contribution in [0.25, 0.3) is 0 Å². The predicted molar refractivity (Wildman–Crippen MR) is 95.5 cm³/mol. The van der Waals surface area contributed by atoms with Gasteiger partial charge in [0.25, 0.3) is 0 Å². The molecule has 1 N–H and O–H groups in total. The fourth-order valence-corrected chi connectivity index (χ4v) is 2.45. The highest BCUT2D eigenvalue weighted by Crippen LogP contribution is 2.13. The average Bonchev–Trinajstić information content (AvgIpc) is 3.08. The molecule has 25 heavy (non-hydrogen) atoms. The van der Waals surface area contributed by atoms with E-state index in [2.05, 4.69) is 15.4 Å². The topological polar surface area (TPSA) is 69.0 Å². The number of aryl methyl sites for hydroxylation is 1. The first-order valence-corrected chi connectivity index (χ1v) is 8.08. The summed E-state index contributed by atoms with van der Waals surface area (Å²) in [5.41, 5.74) is 2.15. The van der Waals surface area contributed by atoms with Crippen LogP contribution < -0.4 is 10.1 Å². The molecule has 0 aliphatic heterocycles. The minimum absolute atomic E-state index is 0.0533. The zero-order valence-corrected chi connectivity index (χ0v) is 14.1. The summed E-state index contributed by atoms with van der Waals surface area (Å²) in [4.78, 5) is 16.2. The van der Waals surface area contributed by atoms with Crippen LogP contribution in [0.2, 0.25) is 0 Å².